The van der Waals surface area contributed by atoms with Gasteiger partial charge in [0.15, 0.2) is 12.4 Å². The number of amides is 2. The molecule has 1 fully saturated rings. The fourth-order valence-corrected chi connectivity index (χ4v) is 7.02. The van der Waals surface area contributed by atoms with E-state index in [1.165, 1.54) is 12.1 Å². The van der Waals surface area contributed by atoms with Crippen LogP contribution in [0.25, 0.3) is 0 Å². The van der Waals surface area contributed by atoms with Gasteiger partial charge in [0.2, 0.25) is 11.8 Å². The Balaban J connectivity index is 1.30. The zero-order chi connectivity index (χ0) is 26.1. The van der Waals surface area contributed by atoms with Gasteiger partial charge in [-0.25, -0.2) is 4.39 Å². The molecule has 0 saturated carbocycles. The first-order valence-corrected chi connectivity index (χ1v) is 12.3. The Morgan fingerprint density at radius 2 is 1.22 bits per heavy atom. The zero-order valence-electron chi connectivity index (χ0n) is 19.1. The normalized spacial score (nSPS) is 26.9. The van der Waals surface area contributed by atoms with Gasteiger partial charge in [0.1, 0.15) is 22.1 Å². The molecule has 0 aromatic heterocycles. The third kappa shape index (κ3) is 3.17. The van der Waals surface area contributed by atoms with Crippen molar-refractivity contribution < 1.29 is 28.3 Å². The highest BCUT2D eigenvalue weighted by molar-refractivity contribution is 6.36. The van der Waals surface area contributed by atoms with Gasteiger partial charge in [0, 0.05) is 5.56 Å². The Morgan fingerprint density at radius 1 is 0.784 bits per heavy atom. The quantitative estimate of drug-likeness (QED) is 0.211. The molecule has 1 aliphatic heterocycles. The molecule has 0 unspecified atom stereocenters. The van der Waals surface area contributed by atoms with Crippen molar-refractivity contribution in [1.29, 1.82) is 0 Å². The van der Waals surface area contributed by atoms with Crippen LogP contribution >= 0.6 is 23.2 Å². The lowest BCUT2D eigenvalue weighted by molar-refractivity contribution is -0.152. The van der Waals surface area contributed by atoms with Gasteiger partial charge < -0.3 is 4.74 Å². The molecule has 3 aliphatic carbocycles. The Kier molecular flexibility index (Phi) is 5.30. The van der Waals surface area contributed by atoms with Crippen molar-refractivity contribution >= 4 is 46.8 Å². The number of esters is 1. The molecule has 2 amide bonds. The molecule has 7 rings (SSSR count). The summed E-state index contributed by atoms with van der Waals surface area (Å²) in [6, 6.07) is 19.2. The SMILES string of the molecule is O=C(CN1C(=O)[C@@H]2[C@@H](C1=O)C1(Cl)c3ccccc3C2(Cl)c2ccccc21)OCC(=O)c1ccc(F)cc1. The number of ether oxygens (including phenoxy) is 1. The average molecular weight is 538 g/mol. The molecular formula is C28H18Cl2FNO5. The van der Waals surface area contributed by atoms with Gasteiger partial charge in [-0.15, -0.1) is 23.2 Å². The number of alkyl halides is 2. The van der Waals surface area contributed by atoms with E-state index >= 15 is 0 Å². The number of likely N-dealkylation sites (tertiary alicyclic amines) is 1. The minimum atomic E-state index is -1.35. The number of imide groups is 1. The number of carbonyl (C=O) groups is 4. The first-order chi connectivity index (χ1) is 17.7. The van der Waals surface area contributed by atoms with Gasteiger partial charge in [0.25, 0.3) is 0 Å². The monoisotopic (exact) mass is 537 g/mol. The van der Waals surface area contributed by atoms with Crippen molar-refractivity contribution in [3.63, 3.8) is 0 Å². The van der Waals surface area contributed by atoms with E-state index in [0.29, 0.717) is 22.3 Å². The maximum absolute atomic E-state index is 13.7. The van der Waals surface area contributed by atoms with Crippen LogP contribution in [0.5, 0.6) is 0 Å². The second kappa shape index (κ2) is 8.23. The molecule has 1 heterocycles. The molecule has 3 aromatic rings. The summed E-state index contributed by atoms with van der Waals surface area (Å²) < 4.78 is 18.1. The maximum atomic E-state index is 13.7. The number of rotatable bonds is 5. The van der Waals surface area contributed by atoms with E-state index in [1.807, 2.05) is 0 Å². The smallest absolute Gasteiger partial charge is 0.326 e. The Morgan fingerprint density at radius 3 is 1.65 bits per heavy atom. The van der Waals surface area contributed by atoms with Crippen molar-refractivity contribution in [2.24, 2.45) is 11.8 Å². The molecule has 2 atom stereocenters. The number of carbonyl (C=O) groups excluding carboxylic acids is 4. The van der Waals surface area contributed by atoms with Crippen LogP contribution in [0.4, 0.5) is 4.39 Å². The summed E-state index contributed by atoms with van der Waals surface area (Å²) >= 11 is 14.6. The molecule has 6 nitrogen and oxygen atoms in total. The first kappa shape index (κ1) is 23.8. The number of halogens is 3. The van der Waals surface area contributed by atoms with Crippen LogP contribution in [-0.4, -0.2) is 41.6 Å². The van der Waals surface area contributed by atoms with E-state index < -0.39 is 64.1 Å². The van der Waals surface area contributed by atoms with Crippen LogP contribution in [0.3, 0.4) is 0 Å². The Labute approximate surface area is 220 Å². The van der Waals surface area contributed by atoms with Crippen molar-refractivity contribution in [2.75, 3.05) is 13.2 Å². The van der Waals surface area contributed by atoms with E-state index in [-0.39, 0.29) is 5.56 Å². The summed E-state index contributed by atoms with van der Waals surface area (Å²) in [5.41, 5.74) is 2.78. The molecule has 3 aromatic carbocycles. The third-order valence-corrected chi connectivity index (χ3v) is 8.78. The predicted octanol–water partition coefficient (Wildman–Crippen LogP) is 4.14. The molecule has 4 aliphatic rings. The second-order valence-corrected chi connectivity index (χ2v) is 10.5. The molecule has 186 valence electrons. The van der Waals surface area contributed by atoms with Gasteiger partial charge >= 0.3 is 5.97 Å². The minimum Gasteiger partial charge on any atom is -0.456 e. The number of benzene rings is 3. The van der Waals surface area contributed by atoms with Crippen molar-refractivity contribution in [2.45, 2.75) is 9.75 Å². The Bertz CT molecular complexity index is 1380. The summed E-state index contributed by atoms with van der Waals surface area (Å²) in [6.07, 6.45) is 0. The fraction of sp³-hybridized carbons (Fsp3) is 0.214. The van der Waals surface area contributed by atoms with Crippen LogP contribution in [0.15, 0.2) is 72.8 Å². The Hall–Kier alpha value is -3.55. The van der Waals surface area contributed by atoms with Gasteiger partial charge in [0.05, 0.1) is 11.8 Å². The van der Waals surface area contributed by atoms with Crippen LogP contribution in [0.2, 0.25) is 0 Å². The minimum absolute atomic E-state index is 0.161. The molecule has 9 heteroatoms. The van der Waals surface area contributed by atoms with Crippen molar-refractivity contribution in [1.82, 2.24) is 4.90 Å². The van der Waals surface area contributed by atoms with Gasteiger partial charge in [-0.05, 0) is 46.5 Å². The van der Waals surface area contributed by atoms with Gasteiger partial charge in [-0.2, -0.15) is 0 Å². The first-order valence-electron chi connectivity index (χ1n) is 11.6. The molecule has 0 N–H and O–H groups in total. The summed E-state index contributed by atoms with van der Waals surface area (Å²) in [6.45, 7) is -1.31. The zero-order valence-corrected chi connectivity index (χ0v) is 20.6. The molecule has 0 spiro atoms. The predicted molar refractivity (Wildman–Crippen MR) is 132 cm³/mol. The highest BCUT2D eigenvalue weighted by Crippen LogP contribution is 2.69. The van der Waals surface area contributed by atoms with Crippen LogP contribution in [0, 0.1) is 17.7 Å². The number of hydrogen-bond acceptors (Lipinski definition) is 5. The second-order valence-electron chi connectivity index (χ2n) is 9.32. The van der Waals surface area contributed by atoms with Crippen LogP contribution in [-0.2, 0) is 28.9 Å². The topological polar surface area (TPSA) is 80.8 Å². The summed E-state index contributed by atoms with van der Waals surface area (Å²) in [4.78, 5) is 50.4. The van der Waals surface area contributed by atoms with Crippen molar-refractivity contribution in [3.05, 3.63) is 106 Å². The highest BCUT2D eigenvalue weighted by atomic mass is 35.5. The lowest BCUT2D eigenvalue weighted by Crippen LogP contribution is -2.57. The van der Waals surface area contributed by atoms with Crippen LogP contribution < -0.4 is 0 Å². The molecular weight excluding hydrogens is 520 g/mol. The van der Waals surface area contributed by atoms with E-state index in [9.17, 15) is 23.6 Å². The number of hydrogen-bond donors (Lipinski definition) is 0. The summed E-state index contributed by atoms with van der Waals surface area (Å²) in [5.74, 6) is -5.31. The average Bonchev–Trinajstić information content (AvgIpc) is 3.16. The van der Waals surface area contributed by atoms with E-state index in [2.05, 4.69) is 0 Å². The largest absolute Gasteiger partial charge is 0.456 e. The van der Waals surface area contributed by atoms with Gasteiger partial charge in [-0.3, -0.25) is 24.1 Å². The number of ketones is 1. The van der Waals surface area contributed by atoms with Crippen molar-refractivity contribution in [3.8, 4) is 0 Å². The molecule has 2 bridgehead atoms. The summed E-state index contributed by atoms with van der Waals surface area (Å²) in [7, 11) is 0. The molecule has 37 heavy (non-hydrogen) atoms. The lowest BCUT2D eigenvalue weighted by atomic mass is 9.54. The fourth-order valence-electron chi connectivity index (χ4n) is 5.92. The third-order valence-electron chi connectivity index (χ3n) is 7.49. The number of Topliss-reactive ketones (excluding diaryl/α,β-unsaturated/α-hetero) is 1. The molecule has 0 radical (unpaired) electrons. The van der Waals surface area contributed by atoms with E-state index in [0.717, 1.165) is 17.0 Å². The van der Waals surface area contributed by atoms with Crippen LogP contribution in [0.1, 0.15) is 32.6 Å². The molecule has 1 saturated heterocycles. The van der Waals surface area contributed by atoms with Gasteiger partial charge in [-0.1, -0.05) is 48.5 Å². The maximum Gasteiger partial charge on any atom is 0.326 e. The number of nitrogens with zero attached hydrogens (tertiary/aromatic N) is 1. The highest BCUT2D eigenvalue weighted by Gasteiger charge is 2.73. The summed E-state index contributed by atoms with van der Waals surface area (Å²) in [5, 5.41) is 0. The lowest BCUT2D eigenvalue weighted by Gasteiger charge is -2.54. The van der Waals surface area contributed by atoms with E-state index in [4.69, 9.17) is 27.9 Å². The van der Waals surface area contributed by atoms with E-state index in [1.54, 1.807) is 48.5 Å². The standard InChI is InChI=1S/C28H18Cl2FNO5/c29-27-17-5-1-2-6-18(17)28(30,20-8-4-3-7-19(20)27)24-23(27)25(35)32(26(24)36)13-22(34)37-14-21(33)15-9-11-16(31)12-10-15/h1-12,23-24H,13-14H2/t23-,24-,27?,28?/m0/s1.